The minimum Gasteiger partial charge on any atom is -0.384 e. The first-order valence-electron chi connectivity index (χ1n) is 6.58. The van der Waals surface area contributed by atoms with Crippen molar-refractivity contribution in [1.82, 2.24) is 9.88 Å². The molecule has 0 radical (unpaired) electrons. The van der Waals surface area contributed by atoms with Gasteiger partial charge in [0.15, 0.2) is 0 Å². The molecule has 1 atom stereocenters. The van der Waals surface area contributed by atoms with E-state index in [1.54, 1.807) is 25.6 Å². The summed E-state index contributed by atoms with van der Waals surface area (Å²) in [5.41, 5.74) is 1.10. The number of pyridine rings is 1. The van der Waals surface area contributed by atoms with Crippen LogP contribution in [0.15, 0.2) is 18.5 Å². The van der Waals surface area contributed by atoms with Gasteiger partial charge in [0.05, 0.1) is 17.7 Å². The quantitative estimate of drug-likeness (QED) is 0.817. The minimum absolute atomic E-state index is 0.0340. The van der Waals surface area contributed by atoms with Gasteiger partial charge in [-0.1, -0.05) is 11.8 Å². The highest BCUT2D eigenvalue weighted by atomic mass is 16.5. The molecular weight excluding hydrogens is 256 g/mol. The Hall–Kier alpha value is -1.90. The molecule has 1 unspecified atom stereocenters. The molecule has 1 aliphatic rings. The summed E-state index contributed by atoms with van der Waals surface area (Å²) in [5, 5.41) is 8.76. The Bertz CT molecular complexity index is 533. The van der Waals surface area contributed by atoms with Crippen LogP contribution in [-0.4, -0.2) is 54.3 Å². The van der Waals surface area contributed by atoms with Crippen molar-refractivity contribution < 1.29 is 14.6 Å². The summed E-state index contributed by atoms with van der Waals surface area (Å²) in [6, 6.07) is 1.67. The third-order valence-corrected chi connectivity index (χ3v) is 3.33. The highest BCUT2D eigenvalue weighted by Crippen LogP contribution is 2.20. The van der Waals surface area contributed by atoms with E-state index in [2.05, 4.69) is 16.8 Å². The highest BCUT2D eigenvalue weighted by Gasteiger charge is 2.27. The topological polar surface area (TPSA) is 62.7 Å². The van der Waals surface area contributed by atoms with Gasteiger partial charge < -0.3 is 14.7 Å². The number of ether oxygens (including phenoxy) is 1. The van der Waals surface area contributed by atoms with Crippen molar-refractivity contribution in [3.63, 3.8) is 0 Å². The van der Waals surface area contributed by atoms with Crippen molar-refractivity contribution in [3.8, 4) is 11.8 Å². The fourth-order valence-electron chi connectivity index (χ4n) is 2.37. The summed E-state index contributed by atoms with van der Waals surface area (Å²) in [4.78, 5) is 18.3. The zero-order valence-corrected chi connectivity index (χ0v) is 11.5. The SMILES string of the molecule is COCC1CCN(C(=O)c2ccncc2C#CCO)C1. The van der Waals surface area contributed by atoms with E-state index >= 15 is 0 Å². The Morgan fingerprint density at radius 2 is 2.50 bits per heavy atom. The average molecular weight is 274 g/mol. The molecule has 2 rings (SSSR count). The van der Waals surface area contributed by atoms with Crippen LogP contribution >= 0.6 is 0 Å². The summed E-state index contributed by atoms with van der Waals surface area (Å²) in [6.45, 7) is 1.89. The Morgan fingerprint density at radius 1 is 1.65 bits per heavy atom. The maximum atomic E-state index is 12.5. The number of hydrogen-bond acceptors (Lipinski definition) is 4. The van der Waals surface area contributed by atoms with Crippen LogP contribution in [0.2, 0.25) is 0 Å². The summed E-state index contributed by atoms with van der Waals surface area (Å²) in [6.07, 6.45) is 4.10. The van der Waals surface area contributed by atoms with E-state index in [9.17, 15) is 4.79 Å². The molecule has 0 bridgehead atoms. The van der Waals surface area contributed by atoms with Gasteiger partial charge in [0.25, 0.3) is 5.91 Å². The second-order valence-corrected chi connectivity index (χ2v) is 4.74. The molecule has 1 amide bonds. The second-order valence-electron chi connectivity index (χ2n) is 4.74. The minimum atomic E-state index is -0.234. The maximum absolute atomic E-state index is 12.5. The third kappa shape index (κ3) is 3.35. The number of aliphatic hydroxyl groups is 1. The monoisotopic (exact) mass is 274 g/mol. The molecule has 1 aromatic rings. The van der Waals surface area contributed by atoms with Crippen molar-refractivity contribution in [2.75, 3.05) is 33.4 Å². The van der Waals surface area contributed by atoms with Gasteiger partial charge in [0.2, 0.25) is 0 Å². The molecule has 0 aliphatic carbocycles. The lowest BCUT2D eigenvalue weighted by Gasteiger charge is -2.17. The van der Waals surface area contributed by atoms with Crippen LogP contribution in [0.5, 0.6) is 0 Å². The smallest absolute Gasteiger partial charge is 0.255 e. The number of aliphatic hydroxyl groups excluding tert-OH is 1. The molecular formula is C15H18N2O3. The van der Waals surface area contributed by atoms with Gasteiger partial charge in [-0.05, 0) is 12.5 Å². The fourth-order valence-corrected chi connectivity index (χ4v) is 2.37. The predicted octanol–water partition coefficient (Wildman–Crippen LogP) is 0.534. The van der Waals surface area contributed by atoms with Crippen molar-refractivity contribution in [3.05, 3.63) is 29.6 Å². The molecule has 106 valence electrons. The van der Waals surface area contributed by atoms with Crippen molar-refractivity contribution in [2.45, 2.75) is 6.42 Å². The molecule has 5 nitrogen and oxygen atoms in total. The molecule has 1 N–H and O–H groups in total. The van der Waals surface area contributed by atoms with Crippen LogP contribution in [0.1, 0.15) is 22.3 Å². The van der Waals surface area contributed by atoms with Crippen LogP contribution in [0, 0.1) is 17.8 Å². The molecule has 2 heterocycles. The number of methoxy groups -OCH3 is 1. The zero-order chi connectivity index (χ0) is 14.4. The van der Waals surface area contributed by atoms with Crippen molar-refractivity contribution in [1.29, 1.82) is 0 Å². The molecule has 1 saturated heterocycles. The second kappa shape index (κ2) is 7.04. The Kier molecular flexibility index (Phi) is 5.10. The number of amides is 1. The van der Waals surface area contributed by atoms with Gasteiger partial charge >= 0.3 is 0 Å². The van der Waals surface area contributed by atoms with Gasteiger partial charge in [0, 0.05) is 38.5 Å². The first-order chi connectivity index (χ1) is 9.76. The van der Waals surface area contributed by atoms with Gasteiger partial charge in [-0.2, -0.15) is 0 Å². The zero-order valence-electron chi connectivity index (χ0n) is 11.5. The van der Waals surface area contributed by atoms with E-state index in [1.165, 1.54) is 0 Å². The number of carbonyl (C=O) groups is 1. The van der Waals surface area contributed by atoms with Gasteiger partial charge in [-0.15, -0.1) is 0 Å². The van der Waals surface area contributed by atoms with E-state index < -0.39 is 0 Å². The van der Waals surface area contributed by atoms with E-state index in [-0.39, 0.29) is 12.5 Å². The predicted molar refractivity (Wildman–Crippen MR) is 74.1 cm³/mol. The summed E-state index contributed by atoms with van der Waals surface area (Å²) < 4.78 is 5.14. The van der Waals surface area contributed by atoms with Crippen LogP contribution < -0.4 is 0 Å². The molecule has 0 aromatic carbocycles. The number of likely N-dealkylation sites (tertiary alicyclic amines) is 1. The Labute approximate surface area is 118 Å². The first-order valence-corrected chi connectivity index (χ1v) is 6.58. The number of carbonyl (C=O) groups excluding carboxylic acids is 1. The lowest BCUT2D eigenvalue weighted by Crippen LogP contribution is -2.29. The van der Waals surface area contributed by atoms with E-state index in [4.69, 9.17) is 9.84 Å². The summed E-state index contributed by atoms with van der Waals surface area (Å²) in [5.74, 6) is 5.69. The average Bonchev–Trinajstić information content (AvgIpc) is 2.94. The molecule has 20 heavy (non-hydrogen) atoms. The molecule has 1 fully saturated rings. The first kappa shape index (κ1) is 14.5. The van der Waals surface area contributed by atoms with E-state index in [0.717, 1.165) is 13.0 Å². The fraction of sp³-hybridized carbons (Fsp3) is 0.467. The number of aromatic nitrogens is 1. The molecule has 1 aliphatic heterocycles. The van der Waals surface area contributed by atoms with Crippen LogP contribution in [0.4, 0.5) is 0 Å². The van der Waals surface area contributed by atoms with Crippen LogP contribution in [0.3, 0.4) is 0 Å². The third-order valence-electron chi connectivity index (χ3n) is 3.33. The summed E-state index contributed by atoms with van der Waals surface area (Å²) >= 11 is 0. The van der Waals surface area contributed by atoms with E-state index in [0.29, 0.717) is 30.2 Å². The van der Waals surface area contributed by atoms with E-state index in [1.807, 2.05) is 4.90 Å². The normalized spacial score (nSPS) is 17.7. The van der Waals surface area contributed by atoms with Crippen molar-refractivity contribution in [2.24, 2.45) is 5.92 Å². The standard InChI is InChI=1S/C15H18N2O3/c1-20-11-12-5-7-17(10-12)15(19)14-4-6-16-9-13(14)3-2-8-18/h4,6,9,12,18H,5,7-8,10-11H2,1H3. The van der Waals surface area contributed by atoms with Gasteiger partial charge in [-0.3, -0.25) is 9.78 Å². The van der Waals surface area contributed by atoms with Crippen LogP contribution in [-0.2, 0) is 4.74 Å². The number of rotatable bonds is 3. The highest BCUT2D eigenvalue weighted by molar-refractivity contribution is 5.96. The largest absolute Gasteiger partial charge is 0.384 e. The lowest BCUT2D eigenvalue weighted by atomic mass is 10.1. The molecule has 0 saturated carbocycles. The Balaban J connectivity index is 2.14. The van der Waals surface area contributed by atoms with Gasteiger partial charge in [-0.25, -0.2) is 0 Å². The number of hydrogen-bond donors (Lipinski definition) is 1. The lowest BCUT2D eigenvalue weighted by molar-refractivity contribution is 0.0775. The van der Waals surface area contributed by atoms with Crippen LogP contribution in [0.25, 0.3) is 0 Å². The maximum Gasteiger partial charge on any atom is 0.255 e. The Morgan fingerprint density at radius 3 is 3.25 bits per heavy atom. The molecule has 0 spiro atoms. The number of nitrogens with zero attached hydrogens (tertiary/aromatic N) is 2. The van der Waals surface area contributed by atoms with Crippen molar-refractivity contribution >= 4 is 5.91 Å². The summed E-state index contributed by atoms with van der Waals surface area (Å²) in [7, 11) is 1.68. The molecule has 1 aromatic heterocycles. The van der Waals surface area contributed by atoms with Gasteiger partial charge in [0.1, 0.15) is 6.61 Å². The molecule has 5 heteroatoms.